The van der Waals surface area contributed by atoms with E-state index in [1.807, 2.05) is 36.4 Å². The first-order valence-corrected chi connectivity index (χ1v) is 9.74. The average molecular weight is 367 g/mol. The van der Waals surface area contributed by atoms with Gasteiger partial charge in [-0.25, -0.2) is 0 Å². The monoisotopic (exact) mass is 367 g/mol. The molecule has 2 aromatic carbocycles. The quantitative estimate of drug-likeness (QED) is 0.781. The number of carbonyl (C=O) groups is 1. The molecule has 1 amide bonds. The summed E-state index contributed by atoms with van der Waals surface area (Å²) in [6, 6.07) is 16.0. The van der Waals surface area contributed by atoms with Crippen LogP contribution in [0, 0.1) is 0 Å². The second-order valence-electron chi connectivity index (χ2n) is 6.91. The molecular weight excluding hydrogens is 338 g/mol. The molecule has 0 unspecified atom stereocenters. The standard InChI is InChI=1S/C22H29N3O2/c1-27-21-9-5-4-8-18(21)16-23-17-22(26)24-19-10-12-20(13-11-19)25-14-6-2-3-7-15-25/h4-5,8-13,23H,2-3,6-7,14-17H2,1H3,(H,24,26). The summed E-state index contributed by atoms with van der Waals surface area (Å²) in [5.74, 6) is 0.780. The normalized spacial score (nSPS) is 14.5. The van der Waals surface area contributed by atoms with Gasteiger partial charge in [0, 0.05) is 36.6 Å². The van der Waals surface area contributed by atoms with Crippen LogP contribution in [0.2, 0.25) is 0 Å². The molecule has 5 nitrogen and oxygen atoms in total. The number of amides is 1. The Bertz CT molecular complexity index is 723. The summed E-state index contributed by atoms with van der Waals surface area (Å²) in [5, 5.41) is 6.11. The fourth-order valence-corrected chi connectivity index (χ4v) is 3.45. The van der Waals surface area contributed by atoms with Gasteiger partial charge < -0.3 is 20.3 Å². The number of ether oxygens (including phenoxy) is 1. The maximum Gasteiger partial charge on any atom is 0.238 e. The molecule has 1 heterocycles. The van der Waals surface area contributed by atoms with Crippen LogP contribution in [0.3, 0.4) is 0 Å². The maximum atomic E-state index is 12.2. The van der Waals surface area contributed by atoms with Crippen molar-refractivity contribution < 1.29 is 9.53 Å². The lowest BCUT2D eigenvalue weighted by Crippen LogP contribution is -2.28. The summed E-state index contributed by atoms with van der Waals surface area (Å²) in [7, 11) is 1.65. The molecular formula is C22H29N3O2. The Morgan fingerprint density at radius 1 is 1.00 bits per heavy atom. The minimum absolute atomic E-state index is 0.0487. The molecule has 27 heavy (non-hydrogen) atoms. The molecule has 0 bridgehead atoms. The van der Waals surface area contributed by atoms with E-state index in [1.165, 1.54) is 31.4 Å². The van der Waals surface area contributed by atoms with Crippen LogP contribution in [0.5, 0.6) is 5.75 Å². The van der Waals surface area contributed by atoms with Gasteiger partial charge in [0.25, 0.3) is 0 Å². The van der Waals surface area contributed by atoms with E-state index in [1.54, 1.807) is 7.11 Å². The SMILES string of the molecule is COc1ccccc1CNCC(=O)Nc1ccc(N2CCCCCC2)cc1. The zero-order valence-corrected chi connectivity index (χ0v) is 16.0. The summed E-state index contributed by atoms with van der Waals surface area (Å²) in [6.07, 6.45) is 5.17. The van der Waals surface area contributed by atoms with E-state index in [-0.39, 0.29) is 12.5 Å². The molecule has 144 valence electrons. The van der Waals surface area contributed by atoms with Crippen LogP contribution >= 0.6 is 0 Å². The summed E-state index contributed by atoms with van der Waals surface area (Å²) in [5.41, 5.74) is 3.11. The van der Waals surface area contributed by atoms with Crippen LogP contribution in [0.1, 0.15) is 31.2 Å². The number of hydrogen-bond donors (Lipinski definition) is 2. The Morgan fingerprint density at radius 3 is 2.41 bits per heavy atom. The van der Waals surface area contributed by atoms with Gasteiger partial charge in [-0.15, -0.1) is 0 Å². The number of anilines is 2. The van der Waals surface area contributed by atoms with Gasteiger partial charge in [0.05, 0.1) is 13.7 Å². The van der Waals surface area contributed by atoms with Crippen molar-refractivity contribution in [1.82, 2.24) is 5.32 Å². The summed E-state index contributed by atoms with van der Waals surface area (Å²) >= 11 is 0. The van der Waals surface area contributed by atoms with Crippen LogP contribution in [0.15, 0.2) is 48.5 Å². The third-order valence-electron chi connectivity index (χ3n) is 4.92. The van der Waals surface area contributed by atoms with Gasteiger partial charge in [-0.05, 0) is 43.2 Å². The largest absolute Gasteiger partial charge is 0.496 e. The van der Waals surface area contributed by atoms with Crippen molar-refractivity contribution in [3.8, 4) is 5.75 Å². The Morgan fingerprint density at radius 2 is 1.70 bits per heavy atom. The predicted octanol–water partition coefficient (Wildman–Crippen LogP) is 3.80. The predicted molar refractivity (Wildman–Crippen MR) is 110 cm³/mol. The van der Waals surface area contributed by atoms with Gasteiger partial charge in [0.15, 0.2) is 0 Å². The Kier molecular flexibility index (Phi) is 7.11. The third kappa shape index (κ3) is 5.73. The average Bonchev–Trinajstić information content (AvgIpc) is 2.98. The van der Waals surface area contributed by atoms with Gasteiger partial charge in [0.2, 0.25) is 5.91 Å². The van der Waals surface area contributed by atoms with Crippen molar-refractivity contribution in [2.24, 2.45) is 0 Å². The van der Waals surface area contributed by atoms with E-state index in [9.17, 15) is 4.79 Å². The topological polar surface area (TPSA) is 53.6 Å². The van der Waals surface area contributed by atoms with Gasteiger partial charge >= 0.3 is 0 Å². The number of para-hydroxylation sites is 1. The van der Waals surface area contributed by atoms with E-state index in [0.717, 1.165) is 30.1 Å². The highest BCUT2D eigenvalue weighted by Crippen LogP contribution is 2.21. The zero-order valence-electron chi connectivity index (χ0n) is 16.0. The highest BCUT2D eigenvalue weighted by atomic mass is 16.5. The number of hydrogen-bond acceptors (Lipinski definition) is 4. The highest BCUT2D eigenvalue weighted by molar-refractivity contribution is 5.92. The highest BCUT2D eigenvalue weighted by Gasteiger charge is 2.10. The van der Waals surface area contributed by atoms with Crippen molar-refractivity contribution in [1.29, 1.82) is 0 Å². The minimum atomic E-state index is -0.0487. The van der Waals surface area contributed by atoms with E-state index < -0.39 is 0 Å². The van der Waals surface area contributed by atoms with Gasteiger partial charge in [-0.2, -0.15) is 0 Å². The van der Waals surface area contributed by atoms with Gasteiger partial charge in [-0.3, -0.25) is 4.79 Å². The molecule has 2 N–H and O–H groups in total. The molecule has 0 saturated carbocycles. The Labute approximate surface area is 161 Å². The van der Waals surface area contributed by atoms with Crippen LogP contribution in [-0.4, -0.2) is 32.7 Å². The van der Waals surface area contributed by atoms with Crippen LogP contribution in [0.4, 0.5) is 11.4 Å². The van der Waals surface area contributed by atoms with E-state index >= 15 is 0 Å². The Balaban J connectivity index is 1.46. The molecule has 0 spiro atoms. The molecule has 1 aliphatic heterocycles. The van der Waals surface area contributed by atoms with Gasteiger partial charge in [0.1, 0.15) is 5.75 Å². The second-order valence-corrected chi connectivity index (χ2v) is 6.91. The zero-order chi connectivity index (χ0) is 18.9. The molecule has 0 aromatic heterocycles. The fraction of sp³-hybridized carbons (Fsp3) is 0.409. The summed E-state index contributed by atoms with van der Waals surface area (Å²) in [6.45, 7) is 3.09. The van der Waals surface area contributed by atoms with Crippen LogP contribution in [-0.2, 0) is 11.3 Å². The molecule has 1 fully saturated rings. The van der Waals surface area contributed by atoms with Crippen molar-refractivity contribution >= 4 is 17.3 Å². The van der Waals surface area contributed by atoms with Crippen LogP contribution in [0.25, 0.3) is 0 Å². The molecule has 1 saturated heterocycles. The number of nitrogens with one attached hydrogen (secondary N) is 2. The van der Waals surface area contributed by atoms with Crippen molar-refractivity contribution in [2.45, 2.75) is 32.2 Å². The molecule has 0 radical (unpaired) electrons. The number of methoxy groups -OCH3 is 1. The lowest BCUT2D eigenvalue weighted by Gasteiger charge is -2.22. The first-order chi connectivity index (χ1) is 13.3. The van der Waals surface area contributed by atoms with Crippen molar-refractivity contribution in [2.75, 3.05) is 37.0 Å². The summed E-state index contributed by atoms with van der Waals surface area (Å²) < 4.78 is 5.32. The lowest BCUT2D eigenvalue weighted by molar-refractivity contribution is -0.115. The first kappa shape index (κ1) is 19.2. The van der Waals surface area contributed by atoms with E-state index in [2.05, 4.69) is 27.7 Å². The minimum Gasteiger partial charge on any atom is -0.496 e. The lowest BCUT2D eigenvalue weighted by atomic mass is 10.2. The van der Waals surface area contributed by atoms with Crippen molar-refractivity contribution in [3.63, 3.8) is 0 Å². The Hall–Kier alpha value is -2.53. The van der Waals surface area contributed by atoms with E-state index in [0.29, 0.717) is 6.54 Å². The number of benzene rings is 2. The maximum absolute atomic E-state index is 12.2. The molecule has 0 aliphatic carbocycles. The van der Waals surface area contributed by atoms with Crippen LogP contribution < -0.4 is 20.3 Å². The number of carbonyl (C=O) groups excluding carboxylic acids is 1. The number of rotatable bonds is 7. The third-order valence-corrected chi connectivity index (χ3v) is 4.92. The molecule has 5 heteroatoms. The number of nitrogens with zero attached hydrogens (tertiary/aromatic N) is 1. The fourth-order valence-electron chi connectivity index (χ4n) is 3.45. The molecule has 0 atom stereocenters. The van der Waals surface area contributed by atoms with E-state index in [4.69, 9.17) is 4.74 Å². The summed E-state index contributed by atoms with van der Waals surface area (Å²) in [4.78, 5) is 14.6. The smallest absolute Gasteiger partial charge is 0.238 e. The first-order valence-electron chi connectivity index (χ1n) is 9.74. The second kappa shape index (κ2) is 9.97. The molecule has 2 aromatic rings. The van der Waals surface area contributed by atoms with Gasteiger partial charge in [-0.1, -0.05) is 31.0 Å². The molecule has 1 aliphatic rings. The molecule has 3 rings (SSSR count). The van der Waals surface area contributed by atoms with Crippen molar-refractivity contribution in [3.05, 3.63) is 54.1 Å².